The fraction of sp³-hybridized carbons (Fsp3) is 0.250. The number of ether oxygens (including phenoxy) is 1. The molecule has 2 aromatic rings. The van der Waals surface area contributed by atoms with E-state index in [1.54, 1.807) is 63.2 Å². The summed E-state index contributed by atoms with van der Waals surface area (Å²) in [5.41, 5.74) is 1.26. The molecule has 0 unspecified atom stereocenters. The number of rotatable bonds is 4. The highest BCUT2D eigenvalue weighted by atomic mass is 79.9. The third-order valence-corrected chi connectivity index (χ3v) is 3.83. The zero-order valence-corrected chi connectivity index (χ0v) is 17.6. The summed E-state index contributed by atoms with van der Waals surface area (Å²) in [6.07, 6.45) is -0.571. The van der Waals surface area contributed by atoms with Gasteiger partial charge in [0.05, 0.1) is 11.4 Å². The van der Waals surface area contributed by atoms with Crippen LogP contribution in [0.15, 0.2) is 46.9 Å². The van der Waals surface area contributed by atoms with Crippen molar-refractivity contribution >= 4 is 50.9 Å². The molecule has 0 aliphatic heterocycles. The summed E-state index contributed by atoms with van der Waals surface area (Å²) < 4.78 is 5.94. The summed E-state index contributed by atoms with van der Waals surface area (Å²) in [6, 6.07) is 11.5. The van der Waals surface area contributed by atoms with E-state index in [2.05, 4.69) is 31.9 Å². The third kappa shape index (κ3) is 6.70. The number of benzene rings is 2. The number of hydrogen-bond donors (Lipinski definition) is 3. The van der Waals surface area contributed by atoms with Crippen LogP contribution >= 0.6 is 15.9 Å². The lowest BCUT2D eigenvalue weighted by Gasteiger charge is -2.19. The average molecular weight is 448 g/mol. The lowest BCUT2D eigenvalue weighted by Crippen LogP contribution is -2.27. The molecule has 28 heavy (non-hydrogen) atoms. The summed E-state index contributed by atoms with van der Waals surface area (Å²) in [6.45, 7) is 6.72. The molecular weight excluding hydrogens is 426 g/mol. The van der Waals surface area contributed by atoms with E-state index in [4.69, 9.17) is 4.74 Å². The predicted molar refractivity (Wildman–Crippen MR) is 113 cm³/mol. The van der Waals surface area contributed by atoms with Gasteiger partial charge in [0.15, 0.2) is 0 Å². The lowest BCUT2D eigenvalue weighted by atomic mass is 10.1. The van der Waals surface area contributed by atoms with Gasteiger partial charge in [-0.2, -0.15) is 0 Å². The maximum atomic E-state index is 12.5. The standard InChI is InChI=1S/C20H22BrN3O4/c1-12(25)22-16-10-7-14(21)11-17(16)24-18(26)13-5-8-15(9-6-13)23-19(27)28-20(2,3)4/h5-11H,1-4H3,(H,22,25)(H,23,27)(H,24,26). The number of hydrogen-bond acceptors (Lipinski definition) is 4. The SMILES string of the molecule is CC(=O)Nc1ccc(Br)cc1NC(=O)c1ccc(NC(=O)OC(C)(C)C)cc1. The van der Waals surface area contributed by atoms with E-state index in [1.165, 1.54) is 6.92 Å². The summed E-state index contributed by atoms with van der Waals surface area (Å²) in [5, 5.41) is 8.05. The van der Waals surface area contributed by atoms with Crippen LogP contribution < -0.4 is 16.0 Å². The number of carbonyl (C=O) groups is 3. The van der Waals surface area contributed by atoms with E-state index >= 15 is 0 Å². The maximum Gasteiger partial charge on any atom is 0.412 e. The van der Waals surface area contributed by atoms with Crippen molar-refractivity contribution in [2.75, 3.05) is 16.0 Å². The van der Waals surface area contributed by atoms with Crippen molar-refractivity contribution in [3.8, 4) is 0 Å². The molecule has 0 radical (unpaired) electrons. The Kier molecular flexibility index (Phi) is 6.80. The van der Waals surface area contributed by atoms with E-state index in [0.29, 0.717) is 22.6 Å². The van der Waals surface area contributed by atoms with Gasteiger partial charge in [0.1, 0.15) is 5.60 Å². The van der Waals surface area contributed by atoms with Gasteiger partial charge < -0.3 is 15.4 Å². The molecule has 0 spiro atoms. The normalized spacial score (nSPS) is 10.8. The number of amides is 3. The molecule has 2 rings (SSSR count). The first-order valence-electron chi connectivity index (χ1n) is 8.52. The molecule has 8 heteroatoms. The molecule has 3 amide bonds. The van der Waals surface area contributed by atoms with E-state index in [0.717, 1.165) is 4.47 Å². The van der Waals surface area contributed by atoms with Crippen molar-refractivity contribution < 1.29 is 19.1 Å². The Morgan fingerprint density at radius 1 is 0.893 bits per heavy atom. The molecule has 3 N–H and O–H groups in total. The van der Waals surface area contributed by atoms with E-state index in [-0.39, 0.29) is 11.8 Å². The van der Waals surface area contributed by atoms with Crippen LogP contribution in [-0.4, -0.2) is 23.5 Å². The molecule has 0 atom stereocenters. The van der Waals surface area contributed by atoms with E-state index in [9.17, 15) is 14.4 Å². The highest BCUT2D eigenvalue weighted by Gasteiger charge is 2.16. The predicted octanol–water partition coefficient (Wildman–Crippen LogP) is 5.01. The van der Waals surface area contributed by atoms with Crippen molar-refractivity contribution in [2.24, 2.45) is 0 Å². The molecule has 0 aromatic heterocycles. The molecule has 148 valence electrons. The Balaban J connectivity index is 2.09. The lowest BCUT2D eigenvalue weighted by molar-refractivity contribution is -0.114. The molecule has 0 saturated carbocycles. The van der Waals surface area contributed by atoms with Crippen LogP contribution in [-0.2, 0) is 9.53 Å². The minimum Gasteiger partial charge on any atom is -0.444 e. The van der Waals surface area contributed by atoms with Gasteiger partial charge in [-0.15, -0.1) is 0 Å². The monoisotopic (exact) mass is 447 g/mol. The molecule has 0 bridgehead atoms. The second kappa shape index (κ2) is 8.88. The molecule has 0 aliphatic rings. The second-order valence-corrected chi connectivity index (χ2v) is 7.95. The van der Waals surface area contributed by atoms with Gasteiger partial charge >= 0.3 is 6.09 Å². The third-order valence-electron chi connectivity index (χ3n) is 3.33. The zero-order valence-electron chi connectivity index (χ0n) is 16.1. The Morgan fingerprint density at radius 3 is 2.11 bits per heavy atom. The minimum atomic E-state index is -0.598. The van der Waals surface area contributed by atoms with Gasteiger partial charge in [-0.3, -0.25) is 14.9 Å². The van der Waals surface area contributed by atoms with Crippen molar-refractivity contribution in [2.45, 2.75) is 33.3 Å². The van der Waals surface area contributed by atoms with Gasteiger partial charge in [0.2, 0.25) is 5.91 Å². The minimum absolute atomic E-state index is 0.240. The van der Waals surface area contributed by atoms with Crippen molar-refractivity contribution in [1.82, 2.24) is 0 Å². The number of nitrogens with one attached hydrogen (secondary N) is 3. The summed E-state index contributed by atoms with van der Waals surface area (Å²) in [4.78, 5) is 35.7. The summed E-state index contributed by atoms with van der Waals surface area (Å²) in [5.74, 6) is -0.594. The molecule has 0 saturated heterocycles. The maximum absolute atomic E-state index is 12.5. The first kappa shape index (κ1) is 21.4. The molecule has 0 fully saturated rings. The van der Waals surface area contributed by atoms with Crippen molar-refractivity contribution in [1.29, 1.82) is 0 Å². The first-order valence-corrected chi connectivity index (χ1v) is 9.31. The smallest absolute Gasteiger partial charge is 0.412 e. The largest absolute Gasteiger partial charge is 0.444 e. The van der Waals surface area contributed by atoms with Gasteiger partial charge in [-0.05, 0) is 63.2 Å². The van der Waals surface area contributed by atoms with Crippen LogP contribution in [0.1, 0.15) is 38.1 Å². The first-order chi connectivity index (χ1) is 13.0. The average Bonchev–Trinajstić information content (AvgIpc) is 2.55. The Bertz CT molecular complexity index is 889. The summed E-state index contributed by atoms with van der Waals surface area (Å²) >= 11 is 3.35. The Labute approximate surface area is 172 Å². The Morgan fingerprint density at radius 2 is 1.54 bits per heavy atom. The molecule has 2 aromatic carbocycles. The number of carbonyl (C=O) groups excluding carboxylic acids is 3. The zero-order chi connectivity index (χ0) is 20.9. The van der Waals surface area contributed by atoms with Crippen LogP contribution in [0.25, 0.3) is 0 Å². The van der Waals surface area contributed by atoms with E-state index in [1.807, 2.05) is 0 Å². The molecule has 0 heterocycles. The van der Waals surface area contributed by atoms with Gasteiger partial charge in [-0.1, -0.05) is 15.9 Å². The van der Waals surface area contributed by atoms with Crippen LogP contribution in [0.5, 0.6) is 0 Å². The second-order valence-electron chi connectivity index (χ2n) is 7.03. The van der Waals surface area contributed by atoms with Crippen LogP contribution in [0.3, 0.4) is 0 Å². The van der Waals surface area contributed by atoms with E-state index < -0.39 is 11.7 Å². The van der Waals surface area contributed by atoms with Crippen LogP contribution in [0.2, 0.25) is 0 Å². The van der Waals surface area contributed by atoms with Crippen molar-refractivity contribution in [3.63, 3.8) is 0 Å². The van der Waals surface area contributed by atoms with Gasteiger partial charge in [0.25, 0.3) is 5.91 Å². The number of anilines is 3. The fourth-order valence-corrected chi connectivity index (χ4v) is 2.60. The summed E-state index contributed by atoms with van der Waals surface area (Å²) in [7, 11) is 0. The Hall–Kier alpha value is -2.87. The molecule has 7 nitrogen and oxygen atoms in total. The quantitative estimate of drug-likeness (QED) is 0.613. The highest BCUT2D eigenvalue weighted by molar-refractivity contribution is 9.10. The van der Waals surface area contributed by atoms with Crippen molar-refractivity contribution in [3.05, 3.63) is 52.5 Å². The topological polar surface area (TPSA) is 96.5 Å². The van der Waals surface area contributed by atoms with Gasteiger partial charge in [-0.25, -0.2) is 4.79 Å². The van der Waals surface area contributed by atoms with Crippen LogP contribution in [0.4, 0.5) is 21.9 Å². The fourth-order valence-electron chi connectivity index (χ4n) is 2.24. The van der Waals surface area contributed by atoms with Gasteiger partial charge in [0, 0.05) is 22.6 Å². The number of halogens is 1. The highest BCUT2D eigenvalue weighted by Crippen LogP contribution is 2.27. The molecule has 0 aliphatic carbocycles. The molecular formula is C20H22BrN3O4. The van der Waals surface area contributed by atoms with Crippen LogP contribution in [0, 0.1) is 0 Å².